The molecule has 19 heavy (non-hydrogen) atoms. The summed E-state index contributed by atoms with van der Waals surface area (Å²) in [5.74, 6) is 0.939. The van der Waals surface area contributed by atoms with Crippen LogP contribution in [-0.4, -0.2) is 17.2 Å². The zero-order valence-electron chi connectivity index (χ0n) is 11.2. The van der Waals surface area contributed by atoms with Crippen molar-refractivity contribution in [3.63, 3.8) is 0 Å². The van der Waals surface area contributed by atoms with Gasteiger partial charge in [0.15, 0.2) is 0 Å². The summed E-state index contributed by atoms with van der Waals surface area (Å²) in [6.07, 6.45) is 2.52. The van der Waals surface area contributed by atoms with E-state index in [4.69, 9.17) is 11.6 Å². The Hall–Kier alpha value is -0.860. The Balaban J connectivity index is 1.83. The maximum absolute atomic E-state index is 12.4. The van der Waals surface area contributed by atoms with Crippen molar-refractivity contribution in [1.29, 1.82) is 0 Å². The lowest BCUT2D eigenvalue weighted by Gasteiger charge is -2.44. The quantitative estimate of drug-likeness (QED) is 0.798. The minimum Gasteiger partial charge on any atom is -0.306 e. The van der Waals surface area contributed by atoms with E-state index in [0.717, 1.165) is 12.8 Å². The van der Waals surface area contributed by atoms with Crippen molar-refractivity contribution in [3.8, 4) is 0 Å². The monoisotopic (exact) mass is 277 g/mol. The summed E-state index contributed by atoms with van der Waals surface area (Å²) >= 11 is 6.38. The highest BCUT2D eigenvalue weighted by Gasteiger charge is 2.44. The molecule has 0 amide bonds. The SMILES string of the molecule is CC1C(Cl)CCC2C(=O)CC(c3ccccc3)NC21. The number of alkyl halides is 1. The first kappa shape index (κ1) is 13.1. The number of halogens is 1. The molecule has 1 aromatic rings. The van der Waals surface area contributed by atoms with Crippen molar-refractivity contribution in [1.82, 2.24) is 5.32 Å². The molecule has 1 heterocycles. The largest absolute Gasteiger partial charge is 0.306 e. The molecule has 1 N–H and O–H groups in total. The molecule has 2 fully saturated rings. The molecule has 2 aliphatic rings. The van der Waals surface area contributed by atoms with E-state index in [9.17, 15) is 4.79 Å². The summed E-state index contributed by atoms with van der Waals surface area (Å²) in [5, 5.41) is 3.87. The van der Waals surface area contributed by atoms with E-state index in [2.05, 4.69) is 24.4 Å². The minimum absolute atomic E-state index is 0.152. The van der Waals surface area contributed by atoms with Crippen LogP contribution in [0.5, 0.6) is 0 Å². The second-order valence-electron chi connectivity index (χ2n) is 5.89. The lowest BCUT2D eigenvalue weighted by molar-refractivity contribution is -0.128. The van der Waals surface area contributed by atoms with Crippen LogP contribution in [0.3, 0.4) is 0 Å². The molecule has 0 aromatic heterocycles. The number of Topliss-reactive ketones (excluding diaryl/α,β-unsaturated/α-hetero) is 1. The summed E-state index contributed by atoms with van der Waals surface area (Å²) in [6.45, 7) is 2.17. The van der Waals surface area contributed by atoms with Gasteiger partial charge in [-0.2, -0.15) is 0 Å². The van der Waals surface area contributed by atoms with Crippen LogP contribution in [0.15, 0.2) is 30.3 Å². The van der Waals surface area contributed by atoms with Gasteiger partial charge in [-0.05, 0) is 24.3 Å². The highest BCUT2D eigenvalue weighted by Crippen LogP contribution is 2.39. The number of fused-ring (bicyclic) bond motifs is 1. The fourth-order valence-corrected chi connectivity index (χ4v) is 3.83. The number of rotatable bonds is 1. The highest BCUT2D eigenvalue weighted by molar-refractivity contribution is 6.20. The molecule has 0 radical (unpaired) electrons. The number of piperidine rings is 1. The van der Waals surface area contributed by atoms with Gasteiger partial charge in [0.25, 0.3) is 0 Å². The van der Waals surface area contributed by atoms with Crippen LogP contribution >= 0.6 is 11.6 Å². The molecule has 3 rings (SSSR count). The molecular weight excluding hydrogens is 258 g/mol. The molecule has 1 saturated carbocycles. The molecule has 102 valence electrons. The first-order valence-corrected chi connectivity index (χ1v) is 7.58. The van der Waals surface area contributed by atoms with Gasteiger partial charge < -0.3 is 5.32 Å². The smallest absolute Gasteiger partial charge is 0.139 e. The molecule has 1 aromatic carbocycles. The van der Waals surface area contributed by atoms with Gasteiger partial charge >= 0.3 is 0 Å². The number of carbonyl (C=O) groups excluding carboxylic acids is 1. The van der Waals surface area contributed by atoms with Gasteiger partial charge in [0, 0.05) is 29.8 Å². The third-order valence-electron chi connectivity index (χ3n) is 4.74. The van der Waals surface area contributed by atoms with E-state index in [1.807, 2.05) is 18.2 Å². The van der Waals surface area contributed by atoms with Gasteiger partial charge in [-0.1, -0.05) is 37.3 Å². The summed E-state index contributed by atoms with van der Waals surface area (Å²) in [7, 11) is 0. The van der Waals surface area contributed by atoms with Gasteiger partial charge in [0.1, 0.15) is 5.78 Å². The Morgan fingerprint density at radius 1 is 1.21 bits per heavy atom. The molecular formula is C16H20ClNO. The first-order valence-electron chi connectivity index (χ1n) is 7.14. The van der Waals surface area contributed by atoms with Gasteiger partial charge in [-0.25, -0.2) is 0 Å². The van der Waals surface area contributed by atoms with Crippen LogP contribution in [0.1, 0.15) is 37.8 Å². The number of ketones is 1. The Labute approximate surface area is 119 Å². The molecule has 1 saturated heterocycles. The number of carbonyl (C=O) groups is 1. The lowest BCUT2D eigenvalue weighted by Crippen LogP contribution is -2.55. The standard InChI is InChI=1S/C16H20ClNO/c1-10-13(17)8-7-12-15(19)9-14(18-16(10)12)11-5-3-2-4-6-11/h2-6,10,12-14,16,18H,7-9H2,1H3. The second-order valence-corrected chi connectivity index (χ2v) is 6.45. The van der Waals surface area contributed by atoms with Crippen LogP contribution in [-0.2, 0) is 4.79 Å². The third-order valence-corrected chi connectivity index (χ3v) is 5.35. The molecule has 3 heteroatoms. The summed E-state index contributed by atoms with van der Waals surface area (Å²) in [5.41, 5.74) is 1.21. The topological polar surface area (TPSA) is 29.1 Å². The van der Waals surface area contributed by atoms with E-state index >= 15 is 0 Å². The van der Waals surface area contributed by atoms with Crippen molar-refractivity contribution in [2.24, 2.45) is 11.8 Å². The first-order chi connectivity index (χ1) is 9.16. The van der Waals surface area contributed by atoms with E-state index in [-0.39, 0.29) is 23.4 Å². The van der Waals surface area contributed by atoms with Crippen LogP contribution in [0.2, 0.25) is 0 Å². The van der Waals surface area contributed by atoms with Gasteiger partial charge in [0.2, 0.25) is 0 Å². The highest BCUT2D eigenvalue weighted by atomic mass is 35.5. The van der Waals surface area contributed by atoms with E-state index in [0.29, 0.717) is 18.1 Å². The summed E-state index contributed by atoms with van der Waals surface area (Å²) < 4.78 is 0. The summed E-state index contributed by atoms with van der Waals surface area (Å²) in [6, 6.07) is 10.6. The van der Waals surface area contributed by atoms with E-state index in [1.54, 1.807) is 0 Å². The molecule has 0 spiro atoms. The predicted octanol–water partition coefficient (Wildman–Crippen LogP) is 3.31. The predicted molar refractivity (Wildman–Crippen MR) is 77.3 cm³/mol. The van der Waals surface area contributed by atoms with E-state index < -0.39 is 0 Å². The van der Waals surface area contributed by atoms with Crippen LogP contribution in [0, 0.1) is 11.8 Å². The molecule has 0 bridgehead atoms. The number of hydrogen-bond donors (Lipinski definition) is 1. The average molecular weight is 278 g/mol. The molecule has 5 atom stereocenters. The molecule has 2 nitrogen and oxygen atoms in total. The fraction of sp³-hybridized carbons (Fsp3) is 0.562. The van der Waals surface area contributed by atoms with Crippen molar-refractivity contribution < 1.29 is 4.79 Å². The number of hydrogen-bond acceptors (Lipinski definition) is 2. The van der Waals surface area contributed by atoms with Gasteiger partial charge in [-0.3, -0.25) is 4.79 Å². The minimum atomic E-state index is 0.152. The summed E-state index contributed by atoms with van der Waals surface area (Å²) in [4.78, 5) is 12.4. The maximum Gasteiger partial charge on any atom is 0.139 e. The molecule has 5 unspecified atom stereocenters. The Bertz CT molecular complexity index is 461. The van der Waals surface area contributed by atoms with Gasteiger partial charge in [-0.15, -0.1) is 11.6 Å². The Kier molecular flexibility index (Phi) is 3.64. The zero-order chi connectivity index (χ0) is 13.4. The lowest BCUT2D eigenvalue weighted by atomic mass is 9.71. The van der Waals surface area contributed by atoms with Crippen molar-refractivity contribution in [3.05, 3.63) is 35.9 Å². The van der Waals surface area contributed by atoms with Crippen molar-refractivity contribution >= 4 is 17.4 Å². The number of nitrogens with one attached hydrogen (secondary N) is 1. The van der Waals surface area contributed by atoms with E-state index in [1.165, 1.54) is 5.56 Å². The Morgan fingerprint density at radius 3 is 2.68 bits per heavy atom. The fourth-order valence-electron chi connectivity index (χ4n) is 3.55. The molecule has 1 aliphatic heterocycles. The normalized spacial score (nSPS) is 38.8. The van der Waals surface area contributed by atoms with Crippen molar-refractivity contribution in [2.75, 3.05) is 0 Å². The third kappa shape index (κ3) is 2.44. The molecule has 1 aliphatic carbocycles. The maximum atomic E-state index is 12.4. The number of benzene rings is 1. The average Bonchev–Trinajstić information content (AvgIpc) is 2.44. The zero-order valence-corrected chi connectivity index (χ0v) is 11.9. The Morgan fingerprint density at radius 2 is 1.95 bits per heavy atom. The van der Waals surface area contributed by atoms with Gasteiger partial charge in [0.05, 0.1) is 0 Å². The van der Waals surface area contributed by atoms with Crippen LogP contribution < -0.4 is 5.32 Å². The van der Waals surface area contributed by atoms with Crippen LogP contribution in [0.4, 0.5) is 0 Å². The second kappa shape index (κ2) is 5.26. The van der Waals surface area contributed by atoms with Crippen molar-refractivity contribution in [2.45, 2.75) is 43.6 Å². The van der Waals surface area contributed by atoms with Crippen LogP contribution in [0.25, 0.3) is 0 Å².